The van der Waals surface area contributed by atoms with Crippen LogP contribution in [0.4, 0.5) is 5.82 Å². The van der Waals surface area contributed by atoms with Crippen molar-refractivity contribution in [1.29, 1.82) is 0 Å². The van der Waals surface area contributed by atoms with E-state index in [1.165, 1.54) is 0 Å². The summed E-state index contributed by atoms with van der Waals surface area (Å²) in [5.74, 6) is -0.968. The first-order valence-corrected chi connectivity index (χ1v) is 7.81. The molecule has 0 aliphatic carbocycles. The fraction of sp³-hybridized carbons (Fsp3) is 0.467. The van der Waals surface area contributed by atoms with Gasteiger partial charge in [-0.1, -0.05) is 6.92 Å². The molecular formula is C15H20N6O2. The van der Waals surface area contributed by atoms with Gasteiger partial charge in [0, 0.05) is 18.8 Å². The molecule has 0 radical (unpaired) electrons. The molecule has 23 heavy (non-hydrogen) atoms. The molecule has 0 bridgehead atoms. The van der Waals surface area contributed by atoms with Crippen LogP contribution in [0.1, 0.15) is 19.8 Å². The monoisotopic (exact) mass is 316 g/mol. The van der Waals surface area contributed by atoms with E-state index >= 15 is 0 Å². The highest BCUT2D eigenvalue weighted by Gasteiger charge is 2.24. The van der Waals surface area contributed by atoms with E-state index in [9.17, 15) is 9.59 Å². The number of nitrogens with zero attached hydrogens (tertiary/aromatic N) is 3. The number of amides is 2. The van der Waals surface area contributed by atoms with Crippen molar-refractivity contribution in [2.24, 2.45) is 0 Å². The van der Waals surface area contributed by atoms with E-state index in [-0.39, 0.29) is 0 Å². The fourth-order valence-electron chi connectivity index (χ4n) is 2.95. The van der Waals surface area contributed by atoms with Gasteiger partial charge >= 0.3 is 11.8 Å². The SMILES string of the molecule is CCN1CCC[C@@H]1CNC(=O)C(=O)Nc1[nH]nc2ncccc12. The van der Waals surface area contributed by atoms with Gasteiger partial charge < -0.3 is 10.6 Å². The third-order valence-electron chi connectivity index (χ3n) is 4.18. The summed E-state index contributed by atoms with van der Waals surface area (Å²) >= 11 is 0. The number of pyridine rings is 1. The lowest BCUT2D eigenvalue weighted by atomic mass is 10.2. The van der Waals surface area contributed by atoms with E-state index in [2.05, 4.69) is 37.6 Å². The molecule has 1 aliphatic heterocycles. The Morgan fingerprint density at radius 1 is 1.43 bits per heavy atom. The predicted molar refractivity (Wildman–Crippen MR) is 85.8 cm³/mol. The van der Waals surface area contributed by atoms with Gasteiger partial charge in [0.1, 0.15) is 5.82 Å². The normalized spacial score (nSPS) is 18.2. The Morgan fingerprint density at radius 2 is 2.30 bits per heavy atom. The number of aromatic amines is 1. The van der Waals surface area contributed by atoms with E-state index in [0.29, 0.717) is 29.4 Å². The first kappa shape index (κ1) is 15.4. The number of aromatic nitrogens is 3. The van der Waals surface area contributed by atoms with Crippen LogP contribution in [0.25, 0.3) is 11.0 Å². The predicted octanol–water partition coefficient (Wildman–Crippen LogP) is 0.497. The molecule has 8 heteroatoms. The van der Waals surface area contributed by atoms with Gasteiger partial charge in [-0.3, -0.25) is 19.6 Å². The van der Waals surface area contributed by atoms with Crippen LogP contribution in [0.3, 0.4) is 0 Å². The average molecular weight is 316 g/mol. The molecule has 1 saturated heterocycles. The van der Waals surface area contributed by atoms with Crippen LogP contribution in [0.15, 0.2) is 18.3 Å². The molecule has 1 atom stereocenters. The summed E-state index contributed by atoms with van der Waals surface area (Å²) in [6.45, 7) is 4.60. The number of rotatable bonds is 4. The van der Waals surface area contributed by atoms with Gasteiger partial charge in [-0.25, -0.2) is 4.98 Å². The molecule has 1 fully saturated rings. The molecule has 0 aromatic carbocycles. The Kier molecular flexibility index (Phi) is 4.52. The zero-order valence-electron chi connectivity index (χ0n) is 13.0. The standard InChI is InChI=1S/C15H20N6O2/c1-2-21-8-4-5-10(21)9-17-14(22)15(23)18-13-11-6-3-7-16-12(11)19-20-13/h3,6-7,10H,2,4-5,8-9H2,1H3,(H,17,22)(H2,16,18,19,20,23)/t10-/m1/s1. The Labute approximate surface area is 133 Å². The first-order valence-electron chi connectivity index (χ1n) is 7.81. The fourth-order valence-corrected chi connectivity index (χ4v) is 2.95. The van der Waals surface area contributed by atoms with Crippen molar-refractivity contribution in [1.82, 2.24) is 25.4 Å². The molecule has 2 aromatic heterocycles. The summed E-state index contributed by atoms with van der Waals surface area (Å²) in [5.41, 5.74) is 0.493. The summed E-state index contributed by atoms with van der Waals surface area (Å²) in [5, 5.41) is 12.6. The number of hydrogen-bond acceptors (Lipinski definition) is 5. The minimum absolute atomic E-state index is 0.314. The van der Waals surface area contributed by atoms with E-state index < -0.39 is 11.8 Å². The smallest absolute Gasteiger partial charge is 0.314 e. The Hall–Kier alpha value is -2.48. The molecule has 3 rings (SSSR count). The number of hydrogen-bond donors (Lipinski definition) is 3. The van der Waals surface area contributed by atoms with Crippen molar-refractivity contribution in [3.05, 3.63) is 18.3 Å². The van der Waals surface area contributed by atoms with E-state index in [1.54, 1.807) is 18.3 Å². The van der Waals surface area contributed by atoms with Gasteiger partial charge in [0.2, 0.25) is 0 Å². The second-order valence-corrected chi connectivity index (χ2v) is 5.56. The number of H-pyrrole nitrogens is 1. The molecule has 3 N–H and O–H groups in total. The molecule has 122 valence electrons. The number of carbonyl (C=O) groups excluding carboxylic acids is 2. The third kappa shape index (κ3) is 3.31. The van der Waals surface area contributed by atoms with Gasteiger partial charge in [-0.15, -0.1) is 0 Å². The third-order valence-corrected chi connectivity index (χ3v) is 4.18. The number of nitrogens with one attached hydrogen (secondary N) is 3. The van der Waals surface area contributed by atoms with E-state index in [4.69, 9.17) is 0 Å². The minimum atomic E-state index is -0.708. The van der Waals surface area contributed by atoms with Crippen LogP contribution < -0.4 is 10.6 Å². The van der Waals surface area contributed by atoms with Crippen LogP contribution in [-0.4, -0.2) is 57.6 Å². The number of carbonyl (C=O) groups is 2. The summed E-state index contributed by atoms with van der Waals surface area (Å²) < 4.78 is 0. The van der Waals surface area contributed by atoms with Crippen LogP contribution in [0.2, 0.25) is 0 Å². The first-order chi connectivity index (χ1) is 11.2. The zero-order chi connectivity index (χ0) is 16.2. The quantitative estimate of drug-likeness (QED) is 0.713. The molecule has 1 aliphatic rings. The van der Waals surface area contributed by atoms with Crippen LogP contribution in [0, 0.1) is 0 Å². The lowest BCUT2D eigenvalue weighted by Crippen LogP contribution is -2.43. The van der Waals surface area contributed by atoms with Crippen LogP contribution in [0.5, 0.6) is 0 Å². The van der Waals surface area contributed by atoms with Crippen molar-refractivity contribution in [2.45, 2.75) is 25.8 Å². The minimum Gasteiger partial charge on any atom is -0.346 e. The van der Waals surface area contributed by atoms with Gasteiger partial charge in [0.25, 0.3) is 0 Å². The van der Waals surface area contributed by atoms with Crippen LogP contribution in [-0.2, 0) is 9.59 Å². The van der Waals surface area contributed by atoms with Gasteiger partial charge in [-0.05, 0) is 38.1 Å². The van der Waals surface area contributed by atoms with E-state index in [1.807, 2.05) is 0 Å². The Balaban J connectivity index is 1.56. The summed E-state index contributed by atoms with van der Waals surface area (Å²) in [4.78, 5) is 30.3. The maximum absolute atomic E-state index is 12.0. The molecule has 0 spiro atoms. The number of likely N-dealkylation sites (N-methyl/N-ethyl adjacent to an activating group) is 1. The highest BCUT2D eigenvalue weighted by Crippen LogP contribution is 2.17. The topological polar surface area (TPSA) is 103 Å². The number of likely N-dealkylation sites (tertiary alicyclic amines) is 1. The summed E-state index contributed by atoms with van der Waals surface area (Å²) in [7, 11) is 0. The zero-order valence-corrected chi connectivity index (χ0v) is 13.0. The highest BCUT2D eigenvalue weighted by molar-refractivity contribution is 6.40. The van der Waals surface area contributed by atoms with Crippen molar-refractivity contribution >= 4 is 28.7 Å². The maximum Gasteiger partial charge on any atom is 0.314 e. The van der Waals surface area contributed by atoms with Gasteiger partial charge in [0.15, 0.2) is 5.65 Å². The average Bonchev–Trinajstić information content (AvgIpc) is 3.19. The van der Waals surface area contributed by atoms with Gasteiger partial charge in [-0.2, -0.15) is 5.10 Å². The van der Waals surface area contributed by atoms with E-state index in [0.717, 1.165) is 25.9 Å². The molecular weight excluding hydrogens is 296 g/mol. The summed E-state index contributed by atoms with van der Waals surface area (Å²) in [6.07, 6.45) is 3.79. The van der Waals surface area contributed by atoms with Crippen molar-refractivity contribution in [2.75, 3.05) is 25.0 Å². The summed E-state index contributed by atoms with van der Waals surface area (Å²) in [6, 6.07) is 3.83. The molecule has 0 unspecified atom stereocenters. The molecule has 8 nitrogen and oxygen atoms in total. The Morgan fingerprint density at radius 3 is 3.13 bits per heavy atom. The lowest BCUT2D eigenvalue weighted by Gasteiger charge is -2.22. The molecule has 0 saturated carbocycles. The maximum atomic E-state index is 12.0. The van der Waals surface area contributed by atoms with Crippen LogP contribution >= 0.6 is 0 Å². The molecule has 2 amide bonds. The van der Waals surface area contributed by atoms with Gasteiger partial charge in [0.05, 0.1) is 5.39 Å². The highest BCUT2D eigenvalue weighted by atomic mass is 16.2. The Bertz CT molecular complexity index is 713. The number of anilines is 1. The molecule has 3 heterocycles. The molecule has 2 aromatic rings. The second-order valence-electron chi connectivity index (χ2n) is 5.56. The largest absolute Gasteiger partial charge is 0.346 e. The number of fused-ring (bicyclic) bond motifs is 1. The van der Waals surface area contributed by atoms with Crippen molar-refractivity contribution in [3.8, 4) is 0 Å². The van der Waals surface area contributed by atoms with Crippen molar-refractivity contribution in [3.63, 3.8) is 0 Å². The second kappa shape index (κ2) is 6.74. The van der Waals surface area contributed by atoms with Crippen molar-refractivity contribution < 1.29 is 9.59 Å². The lowest BCUT2D eigenvalue weighted by molar-refractivity contribution is -0.136.